The fraction of sp³-hybridized carbons (Fsp3) is 0.280. The van der Waals surface area contributed by atoms with Crippen LogP contribution in [0.3, 0.4) is 0 Å². The highest BCUT2D eigenvalue weighted by Crippen LogP contribution is 2.36. The maximum absolute atomic E-state index is 14.6. The molecule has 0 aliphatic heterocycles. The zero-order chi connectivity index (χ0) is 25.8. The molecule has 0 aliphatic rings. The SMILES string of the molecule is CCCCCc1ccc(C(F)(F)Oc2ccc(-c3cc(F)c(OC(F)(F)F)c(F)c3)cc2)c(F)c1. The van der Waals surface area contributed by atoms with Crippen LogP contribution in [-0.4, -0.2) is 6.36 Å². The van der Waals surface area contributed by atoms with Crippen molar-refractivity contribution in [2.24, 2.45) is 0 Å². The number of benzene rings is 3. The quantitative estimate of drug-likeness (QED) is 0.215. The van der Waals surface area contributed by atoms with Crippen molar-refractivity contribution in [3.05, 3.63) is 83.2 Å². The van der Waals surface area contributed by atoms with Crippen LogP contribution in [0.25, 0.3) is 11.1 Å². The van der Waals surface area contributed by atoms with Crippen molar-refractivity contribution in [3.63, 3.8) is 0 Å². The van der Waals surface area contributed by atoms with Gasteiger partial charge in [-0.3, -0.25) is 0 Å². The largest absolute Gasteiger partial charge is 0.573 e. The van der Waals surface area contributed by atoms with Gasteiger partial charge in [-0.25, -0.2) is 13.2 Å². The van der Waals surface area contributed by atoms with Gasteiger partial charge in [0, 0.05) is 0 Å². The molecule has 35 heavy (non-hydrogen) atoms. The molecule has 0 N–H and O–H groups in total. The van der Waals surface area contributed by atoms with E-state index in [1.165, 1.54) is 6.07 Å². The van der Waals surface area contributed by atoms with Crippen LogP contribution in [0, 0.1) is 17.5 Å². The van der Waals surface area contributed by atoms with Crippen LogP contribution in [0.15, 0.2) is 54.6 Å². The Morgan fingerprint density at radius 3 is 1.86 bits per heavy atom. The summed E-state index contributed by atoms with van der Waals surface area (Å²) < 4.78 is 116. The topological polar surface area (TPSA) is 18.5 Å². The summed E-state index contributed by atoms with van der Waals surface area (Å²) in [6, 6.07) is 9.05. The van der Waals surface area contributed by atoms with Gasteiger partial charge in [-0.2, -0.15) is 8.78 Å². The summed E-state index contributed by atoms with van der Waals surface area (Å²) in [6.07, 6.45) is -6.04. The van der Waals surface area contributed by atoms with Gasteiger partial charge in [-0.1, -0.05) is 38.0 Å². The Bertz CT molecular complexity index is 1130. The monoisotopic (exact) mass is 504 g/mol. The number of ether oxygens (including phenoxy) is 2. The molecule has 3 rings (SSSR count). The molecular formula is C25H20F8O2. The lowest BCUT2D eigenvalue weighted by molar-refractivity contribution is -0.276. The molecule has 0 saturated carbocycles. The van der Waals surface area contributed by atoms with Gasteiger partial charge in [0.15, 0.2) is 11.6 Å². The van der Waals surface area contributed by atoms with Gasteiger partial charge in [0.05, 0.1) is 5.56 Å². The Kier molecular flexibility index (Phi) is 7.92. The number of hydrogen-bond acceptors (Lipinski definition) is 2. The normalized spacial score (nSPS) is 12.0. The lowest BCUT2D eigenvalue weighted by atomic mass is 10.0. The van der Waals surface area contributed by atoms with Gasteiger partial charge >= 0.3 is 12.5 Å². The number of halogens is 8. The molecule has 0 radical (unpaired) electrons. The van der Waals surface area contributed by atoms with E-state index in [1.54, 1.807) is 0 Å². The molecule has 0 spiro atoms. The van der Waals surface area contributed by atoms with Crippen LogP contribution in [0.4, 0.5) is 35.1 Å². The molecule has 10 heteroatoms. The minimum absolute atomic E-state index is 0.0969. The summed E-state index contributed by atoms with van der Waals surface area (Å²) in [7, 11) is 0. The van der Waals surface area contributed by atoms with Crippen molar-refractivity contribution < 1.29 is 44.6 Å². The van der Waals surface area contributed by atoms with E-state index in [4.69, 9.17) is 0 Å². The van der Waals surface area contributed by atoms with Crippen molar-refractivity contribution in [2.45, 2.75) is 45.1 Å². The second-order valence-electron chi connectivity index (χ2n) is 7.73. The van der Waals surface area contributed by atoms with Crippen LogP contribution < -0.4 is 9.47 Å². The summed E-state index contributed by atoms with van der Waals surface area (Å²) >= 11 is 0. The van der Waals surface area contributed by atoms with Crippen molar-refractivity contribution in [3.8, 4) is 22.6 Å². The fourth-order valence-electron chi connectivity index (χ4n) is 3.39. The molecule has 0 bridgehead atoms. The van der Waals surface area contributed by atoms with E-state index < -0.39 is 41.2 Å². The first-order valence-corrected chi connectivity index (χ1v) is 10.6. The Morgan fingerprint density at radius 2 is 1.31 bits per heavy atom. The zero-order valence-electron chi connectivity index (χ0n) is 18.4. The zero-order valence-corrected chi connectivity index (χ0v) is 18.4. The first-order valence-electron chi connectivity index (χ1n) is 10.6. The van der Waals surface area contributed by atoms with Gasteiger partial charge in [-0.05, 0) is 65.9 Å². The predicted octanol–water partition coefficient (Wildman–Crippen LogP) is 8.53. The maximum Gasteiger partial charge on any atom is 0.573 e. The Balaban J connectivity index is 1.76. The van der Waals surface area contributed by atoms with Crippen LogP contribution in [-0.2, 0) is 12.5 Å². The van der Waals surface area contributed by atoms with Crippen LogP contribution in [0.1, 0.15) is 37.3 Å². The molecule has 2 nitrogen and oxygen atoms in total. The minimum Gasteiger partial charge on any atom is -0.429 e. The molecule has 0 aromatic heterocycles. The lowest BCUT2D eigenvalue weighted by Gasteiger charge is -2.19. The van der Waals surface area contributed by atoms with Gasteiger partial charge in [0.25, 0.3) is 0 Å². The first kappa shape index (κ1) is 26.3. The maximum atomic E-state index is 14.6. The van der Waals surface area contributed by atoms with Crippen molar-refractivity contribution >= 4 is 0 Å². The first-order chi connectivity index (χ1) is 16.4. The Labute approximate surface area is 196 Å². The molecule has 3 aromatic rings. The third-order valence-corrected chi connectivity index (χ3v) is 5.07. The minimum atomic E-state index is -5.29. The number of hydrogen-bond donors (Lipinski definition) is 0. The Hall–Kier alpha value is -3.30. The van der Waals surface area contributed by atoms with E-state index in [0.717, 1.165) is 55.7 Å². The average molecular weight is 504 g/mol. The second kappa shape index (κ2) is 10.5. The predicted molar refractivity (Wildman–Crippen MR) is 113 cm³/mol. The van der Waals surface area contributed by atoms with Crippen molar-refractivity contribution in [1.29, 1.82) is 0 Å². The summed E-state index contributed by atoms with van der Waals surface area (Å²) in [4.78, 5) is 0. The van der Waals surface area contributed by atoms with Gasteiger partial charge in [0.1, 0.15) is 11.6 Å². The highest BCUT2D eigenvalue weighted by Gasteiger charge is 2.38. The smallest absolute Gasteiger partial charge is 0.429 e. The highest BCUT2D eigenvalue weighted by molar-refractivity contribution is 5.65. The third-order valence-electron chi connectivity index (χ3n) is 5.07. The average Bonchev–Trinajstić information content (AvgIpc) is 2.76. The van der Waals surface area contributed by atoms with Crippen molar-refractivity contribution in [1.82, 2.24) is 0 Å². The van der Waals surface area contributed by atoms with Crippen molar-refractivity contribution in [2.75, 3.05) is 0 Å². The van der Waals surface area contributed by atoms with Gasteiger partial charge in [-0.15, -0.1) is 13.2 Å². The van der Waals surface area contributed by atoms with E-state index >= 15 is 0 Å². The molecular weight excluding hydrogens is 484 g/mol. The van der Waals surface area contributed by atoms with E-state index in [-0.39, 0.29) is 16.9 Å². The summed E-state index contributed by atoms with van der Waals surface area (Å²) in [5.41, 5.74) is -0.437. The molecule has 0 aliphatic carbocycles. The third kappa shape index (κ3) is 6.86. The molecule has 0 saturated heterocycles. The molecule has 0 atom stereocenters. The molecule has 3 aromatic carbocycles. The molecule has 0 fully saturated rings. The number of unbranched alkanes of at least 4 members (excludes halogenated alkanes) is 2. The summed E-state index contributed by atoms with van der Waals surface area (Å²) in [5.74, 6) is -6.30. The molecule has 0 amide bonds. The molecule has 188 valence electrons. The van der Waals surface area contributed by atoms with E-state index in [2.05, 4.69) is 9.47 Å². The highest BCUT2D eigenvalue weighted by atomic mass is 19.4. The summed E-state index contributed by atoms with van der Waals surface area (Å²) in [6.45, 7) is 2.01. The number of aryl methyl sites for hydroxylation is 1. The lowest BCUT2D eigenvalue weighted by Crippen LogP contribution is -2.23. The van der Waals surface area contributed by atoms with Crippen LogP contribution >= 0.6 is 0 Å². The summed E-state index contributed by atoms with van der Waals surface area (Å²) in [5, 5.41) is 0. The number of rotatable bonds is 9. The Morgan fingerprint density at radius 1 is 0.686 bits per heavy atom. The molecule has 0 heterocycles. The van der Waals surface area contributed by atoms with Gasteiger partial charge < -0.3 is 9.47 Å². The van der Waals surface area contributed by atoms with Crippen LogP contribution in [0.2, 0.25) is 0 Å². The molecule has 0 unspecified atom stereocenters. The fourth-order valence-corrected chi connectivity index (χ4v) is 3.39. The second-order valence-corrected chi connectivity index (χ2v) is 7.73. The van der Waals surface area contributed by atoms with E-state index in [0.29, 0.717) is 24.1 Å². The van der Waals surface area contributed by atoms with E-state index in [1.807, 2.05) is 6.92 Å². The number of alkyl halides is 5. The van der Waals surface area contributed by atoms with E-state index in [9.17, 15) is 35.1 Å². The van der Waals surface area contributed by atoms with Gasteiger partial charge in [0.2, 0.25) is 5.75 Å². The van der Waals surface area contributed by atoms with Crippen LogP contribution in [0.5, 0.6) is 11.5 Å². The standard InChI is InChI=1S/C25H20F8O2/c1-2-3-4-5-15-6-11-19(20(26)12-15)24(29,30)34-18-9-7-16(8-10-18)17-13-21(27)23(22(28)14-17)35-25(31,32)33/h6-14H,2-5H2,1H3.